The summed E-state index contributed by atoms with van der Waals surface area (Å²) in [6, 6.07) is 5.79. The number of hydrogen-bond donors (Lipinski definition) is 2. The Bertz CT molecular complexity index is 383. The van der Waals surface area contributed by atoms with Crippen molar-refractivity contribution >= 4 is 11.4 Å². The first-order valence-corrected chi connectivity index (χ1v) is 5.58. The van der Waals surface area contributed by atoms with Crippen LogP contribution in [-0.2, 0) is 0 Å². The molecule has 0 bridgehead atoms. The highest BCUT2D eigenvalue weighted by molar-refractivity contribution is 5.65. The Morgan fingerprint density at radius 1 is 1.27 bits per heavy atom. The predicted molar refractivity (Wildman–Crippen MR) is 61.2 cm³/mol. The van der Waals surface area contributed by atoms with E-state index in [0.717, 1.165) is 23.7 Å². The van der Waals surface area contributed by atoms with E-state index in [2.05, 4.69) is 5.32 Å². The Hall–Kier alpha value is -1.38. The van der Waals surface area contributed by atoms with Crippen LogP contribution in [0.15, 0.2) is 18.2 Å². The Morgan fingerprint density at radius 3 is 2.87 bits per heavy atom. The van der Waals surface area contributed by atoms with E-state index in [1.807, 2.05) is 18.2 Å². The van der Waals surface area contributed by atoms with Gasteiger partial charge in [0.05, 0.1) is 11.2 Å². The molecule has 3 rings (SSSR count). The molecule has 1 saturated carbocycles. The molecule has 0 unspecified atom stereocenters. The molecule has 1 aromatic rings. The number of nitrogens with one attached hydrogen (secondary N) is 1. The van der Waals surface area contributed by atoms with Gasteiger partial charge in [-0.1, -0.05) is 12.8 Å². The van der Waals surface area contributed by atoms with Gasteiger partial charge in [0.15, 0.2) is 0 Å². The second-order valence-electron chi connectivity index (χ2n) is 4.66. The fraction of sp³-hybridized carbons (Fsp3) is 0.500. The van der Waals surface area contributed by atoms with Gasteiger partial charge in [-0.2, -0.15) is 0 Å². The zero-order chi connectivity index (χ0) is 10.3. The summed E-state index contributed by atoms with van der Waals surface area (Å²) in [5, 5.41) is 3.61. The number of rotatable bonds is 0. The number of nitrogens with two attached hydrogens (primary N) is 1. The molecule has 3 heteroatoms. The molecule has 0 aromatic heterocycles. The highest BCUT2D eigenvalue weighted by atomic mass is 16.5. The number of anilines is 2. The van der Waals surface area contributed by atoms with Crippen molar-refractivity contribution < 1.29 is 4.74 Å². The van der Waals surface area contributed by atoms with Gasteiger partial charge in [0.25, 0.3) is 0 Å². The van der Waals surface area contributed by atoms with Crippen LogP contribution < -0.4 is 15.8 Å². The molecule has 0 amide bonds. The SMILES string of the molecule is Nc1ccc2c(c1)NC1(CCCC1)CO2. The van der Waals surface area contributed by atoms with Gasteiger partial charge in [0.1, 0.15) is 12.4 Å². The van der Waals surface area contributed by atoms with E-state index < -0.39 is 0 Å². The molecule has 0 saturated heterocycles. The summed E-state index contributed by atoms with van der Waals surface area (Å²) in [4.78, 5) is 0. The van der Waals surface area contributed by atoms with Crippen molar-refractivity contribution in [2.45, 2.75) is 31.2 Å². The average molecular weight is 204 g/mol. The molecule has 1 heterocycles. The summed E-state index contributed by atoms with van der Waals surface area (Å²) >= 11 is 0. The Morgan fingerprint density at radius 2 is 2.07 bits per heavy atom. The van der Waals surface area contributed by atoms with Gasteiger partial charge in [0.2, 0.25) is 0 Å². The Balaban J connectivity index is 1.94. The minimum absolute atomic E-state index is 0.181. The number of fused-ring (bicyclic) bond motifs is 1. The van der Waals surface area contributed by atoms with Gasteiger partial charge in [-0.15, -0.1) is 0 Å². The molecular weight excluding hydrogens is 188 g/mol. The van der Waals surface area contributed by atoms with Crippen molar-refractivity contribution in [2.75, 3.05) is 17.7 Å². The molecule has 3 nitrogen and oxygen atoms in total. The van der Waals surface area contributed by atoms with Crippen LogP contribution in [0.2, 0.25) is 0 Å². The van der Waals surface area contributed by atoms with Crippen LogP contribution in [0.4, 0.5) is 11.4 Å². The third kappa shape index (κ3) is 1.42. The highest BCUT2D eigenvalue weighted by Gasteiger charge is 2.37. The summed E-state index contributed by atoms with van der Waals surface area (Å²) in [5.74, 6) is 0.932. The van der Waals surface area contributed by atoms with Gasteiger partial charge in [-0.3, -0.25) is 0 Å². The van der Waals surface area contributed by atoms with Crippen LogP contribution in [-0.4, -0.2) is 12.1 Å². The maximum absolute atomic E-state index is 5.80. The third-order valence-corrected chi connectivity index (χ3v) is 3.47. The van der Waals surface area contributed by atoms with Crippen LogP contribution in [0.1, 0.15) is 25.7 Å². The van der Waals surface area contributed by atoms with E-state index in [1.54, 1.807) is 0 Å². The van der Waals surface area contributed by atoms with Crippen LogP contribution >= 0.6 is 0 Å². The van der Waals surface area contributed by atoms with Crippen LogP contribution in [0.25, 0.3) is 0 Å². The molecule has 2 aliphatic rings. The second kappa shape index (κ2) is 3.05. The molecule has 1 aromatic carbocycles. The van der Waals surface area contributed by atoms with Gasteiger partial charge in [-0.25, -0.2) is 0 Å². The van der Waals surface area contributed by atoms with E-state index >= 15 is 0 Å². The quantitative estimate of drug-likeness (QED) is 0.638. The zero-order valence-corrected chi connectivity index (χ0v) is 8.75. The molecule has 15 heavy (non-hydrogen) atoms. The van der Waals surface area contributed by atoms with Gasteiger partial charge < -0.3 is 15.8 Å². The fourth-order valence-electron chi connectivity index (χ4n) is 2.63. The number of benzene rings is 1. The molecule has 80 valence electrons. The highest BCUT2D eigenvalue weighted by Crippen LogP contribution is 2.41. The van der Waals surface area contributed by atoms with Gasteiger partial charge in [-0.05, 0) is 31.0 Å². The molecule has 1 fully saturated rings. The lowest BCUT2D eigenvalue weighted by atomic mass is 9.96. The van der Waals surface area contributed by atoms with Crippen molar-refractivity contribution in [3.63, 3.8) is 0 Å². The monoisotopic (exact) mass is 204 g/mol. The van der Waals surface area contributed by atoms with Crippen LogP contribution in [0.5, 0.6) is 5.75 Å². The molecule has 0 radical (unpaired) electrons. The molecular formula is C12H16N2O. The maximum atomic E-state index is 5.80. The molecule has 1 spiro atoms. The molecule has 0 atom stereocenters. The second-order valence-corrected chi connectivity index (χ2v) is 4.66. The summed E-state index contributed by atoms with van der Waals surface area (Å²) in [7, 11) is 0. The lowest BCUT2D eigenvalue weighted by Gasteiger charge is -2.36. The van der Waals surface area contributed by atoms with E-state index in [4.69, 9.17) is 10.5 Å². The minimum Gasteiger partial charge on any atom is -0.489 e. The Labute approximate surface area is 89.6 Å². The number of nitrogen functional groups attached to an aromatic ring is 1. The topological polar surface area (TPSA) is 47.3 Å². The van der Waals surface area contributed by atoms with E-state index in [-0.39, 0.29) is 5.54 Å². The van der Waals surface area contributed by atoms with Gasteiger partial charge in [0, 0.05) is 5.69 Å². The van der Waals surface area contributed by atoms with Crippen molar-refractivity contribution in [3.05, 3.63) is 18.2 Å². The first-order valence-electron chi connectivity index (χ1n) is 5.58. The normalized spacial score (nSPS) is 21.9. The van der Waals surface area contributed by atoms with Crippen molar-refractivity contribution in [1.82, 2.24) is 0 Å². The molecule has 1 aliphatic carbocycles. The van der Waals surface area contributed by atoms with Crippen LogP contribution in [0.3, 0.4) is 0 Å². The first kappa shape index (κ1) is 8.89. The summed E-state index contributed by atoms with van der Waals surface area (Å²) < 4.78 is 5.80. The van der Waals surface area contributed by atoms with Crippen LogP contribution in [0, 0.1) is 0 Å². The largest absolute Gasteiger partial charge is 0.489 e. The minimum atomic E-state index is 0.181. The standard InChI is InChI=1S/C12H16N2O/c13-9-3-4-11-10(7-9)14-12(8-15-11)5-1-2-6-12/h3-4,7,14H,1-2,5-6,8,13H2. The Kier molecular flexibility index (Phi) is 1.81. The summed E-state index contributed by atoms with van der Waals surface area (Å²) in [5.41, 5.74) is 7.80. The zero-order valence-electron chi connectivity index (χ0n) is 8.75. The van der Waals surface area contributed by atoms with E-state index in [0.29, 0.717) is 0 Å². The summed E-state index contributed by atoms with van der Waals surface area (Å²) in [6.07, 6.45) is 5.02. The number of hydrogen-bond acceptors (Lipinski definition) is 3. The first-order chi connectivity index (χ1) is 7.27. The van der Waals surface area contributed by atoms with Crippen molar-refractivity contribution in [1.29, 1.82) is 0 Å². The lowest BCUT2D eigenvalue weighted by molar-refractivity contribution is 0.221. The third-order valence-electron chi connectivity index (χ3n) is 3.47. The van der Waals surface area contributed by atoms with E-state index in [1.165, 1.54) is 25.7 Å². The average Bonchev–Trinajstić information content (AvgIpc) is 2.66. The fourth-order valence-corrected chi connectivity index (χ4v) is 2.63. The van der Waals surface area contributed by atoms with E-state index in [9.17, 15) is 0 Å². The van der Waals surface area contributed by atoms with Crippen molar-refractivity contribution in [2.24, 2.45) is 0 Å². The van der Waals surface area contributed by atoms with Gasteiger partial charge >= 0.3 is 0 Å². The maximum Gasteiger partial charge on any atom is 0.142 e. The smallest absolute Gasteiger partial charge is 0.142 e. The number of ether oxygens (including phenoxy) is 1. The van der Waals surface area contributed by atoms with Crippen molar-refractivity contribution in [3.8, 4) is 5.75 Å². The molecule has 1 aliphatic heterocycles. The predicted octanol–water partition coefficient (Wildman–Crippen LogP) is 2.39. The molecule has 3 N–H and O–H groups in total. The summed E-state index contributed by atoms with van der Waals surface area (Å²) in [6.45, 7) is 0.796. The lowest BCUT2D eigenvalue weighted by Crippen LogP contribution is -2.44.